The van der Waals surface area contributed by atoms with Crippen LogP contribution in [0.4, 0.5) is 8.78 Å². The summed E-state index contributed by atoms with van der Waals surface area (Å²) >= 11 is 0. The lowest BCUT2D eigenvalue weighted by Gasteiger charge is -2.39. The van der Waals surface area contributed by atoms with Crippen LogP contribution in [-0.4, -0.2) is 97.6 Å². The molecule has 1 aromatic carbocycles. The van der Waals surface area contributed by atoms with Crippen LogP contribution in [0.25, 0.3) is 0 Å². The molecule has 9 nitrogen and oxygen atoms in total. The average molecular weight is 614 g/mol. The van der Waals surface area contributed by atoms with E-state index in [9.17, 15) is 14.0 Å². The molecule has 5 aliphatic heterocycles. The van der Waals surface area contributed by atoms with Crippen molar-refractivity contribution in [3.05, 3.63) is 35.1 Å². The van der Waals surface area contributed by atoms with Crippen LogP contribution >= 0.6 is 0 Å². The molecule has 6 aliphatic rings. The fraction of sp³-hybridized carbons (Fsp3) is 0.727. The molecule has 1 spiro atoms. The van der Waals surface area contributed by atoms with Crippen LogP contribution in [-0.2, 0) is 4.79 Å². The van der Waals surface area contributed by atoms with Crippen LogP contribution in [0.1, 0.15) is 86.0 Å². The Bertz CT molecular complexity index is 1210. The lowest BCUT2D eigenvalue weighted by Crippen LogP contribution is -2.57. The van der Waals surface area contributed by atoms with Crippen molar-refractivity contribution >= 4 is 18.0 Å². The first-order valence-corrected chi connectivity index (χ1v) is 16.8. The maximum atomic E-state index is 15.8. The number of amides is 2. The average Bonchev–Trinajstić information content (AvgIpc) is 3.26. The highest BCUT2D eigenvalue weighted by Crippen LogP contribution is 2.48. The molecule has 2 amide bonds. The van der Waals surface area contributed by atoms with E-state index in [2.05, 4.69) is 20.5 Å². The number of alkyl halides is 1. The van der Waals surface area contributed by atoms with Crippen molar-refractivity contribution in [2.45, 2.75) is 101 Å². The molecule has 11 heteroatoms. The number of nitrogens with one attached hydrogen (secondary N) is 2. The van der Waals surface area contributed by atoms with Crippen LogP contribution in [0.3, 0.4) is 0 Å². The molecule has 0 radical (unpaired) electrons. The number of carbonyl (C=O) groups excluding carboxylic acids is 2. The van der Waals surface area contributed by atoms with Gasteiger partial charge in [-0.3, -0.25) is 14.6 Å². The maximum absolute atomic E-state index is 15.8. The number of piperidine rings is 2. The number of nitrogens with two attached hydrogens (primary N) is 2. The zero-order valence-electron chi connectivity index (χ0n) is 25.7. The molecule has 7 rings (SSSR count). The molecule has 1 saturated carbocycles. The van der Waals surface area contributed by atoms with Crippen molar-refractivity contribution in [1.82, 2.24) is 20.4 Å². The van der Waals surface area contributed by atoms with Crippen LogP contribution in [0, 0.1) is 17.2 Å². The van der Waals surface area contributed by atoms with Gasteiger partial charge in [-0.2, -0.15) is 0 Å². The molecule has 242 valence electrons. The van der Waals surface area contributed by atoms with Crippen molar-refractivity contribution in [1.29, 1.82) is 0 Å². The number of halogens is 2. The second-order valence-corrected chi connectivity index (χ2v) is 14.0. The summed E-state index contributed by atoms with van der Waals surface area (Å²) in [5.74, 6) is -2.00. The van der Waals surface area contributed by atoms with Crippen LogP contribution in [0.2, 0.25) is 0 Å². The highest BCUT2D eigenvalue weighted by atomic mass is 19.1. The zero-order valence-corrected chi connectivity index (χ0v) is 25.7. The predicted octanol–water partition coefficient (Wildman–Crippen LogP) is 2.69. The summed E-state index contributed by atoms with van der Waals surface area (Å²) in [4.78, 5) is 36.2. The van der Waals surface area contributed by atoms with Crippen LogP contribution in [0.15, 0.2) is 23.2 Å². The third-order valence-electron chi connectivity index (χ3n) is 11.2. The van der Waals surface area contributed by atoms with Crippen molar-refractivity contribution in [2.75, 3.05) is 39.3 Å². The van der Waals surface area contributed by atoms with E-state index in [0.717, 1.165) is 64.6 Å². The van der Waals surface area contributed by atoms with E-state index < -0.39 is 36.2 Å². The number of hydrogen-bond acceptors (Lipinski definition) is 7. The smallest absolute Gasteiger partial charge is 0.254 e. The fourth-order valence-electron chi connectivity index (χ4n) is 8.67. The van der Waals surface area contributed by atoms with Crippen molar-refractivity contribution < 1.29 is 18.4 Å². The molecule has 2 bridgehead atoms. The van der Waals surface area contributed by atoms with E-state index in [1.54, 1.807) is 12.1 Å². The molecule has 5 unspecified atom stereocenters. The van der Waals surface area contributed by atoms with Gasteiger partial charge in [0.05, 0.1) is 18.1 Å². The topological polar surface area (TPSA) is 129 Å². The van der Waals surface area contributed by atoms with Crippen molar-refractivity contribution in [3.8, 4) is 0 Å². The third kappa shape index (κ3) is 6.71. The van der Waals surface area contributed by atoms with E-state index in [4.69, 9.17) is 11.5 Å². The van der Waals surface area contributed by atoms with Crippen molar-refractivity contribution in [2.24, 2.45) is 27.8 Å². The summed E-state index contributed by atoms with van der Waals surface area (Å²) in [5.41, 5.74) is 13.3. The van der Waals surface area contributed by atoms with Gasteiger partial charge in [-0.1, -0.05) is 18.9 Å². The number of nitrogens with zero attached hydrogens (tertiary/aromatic N) is 3. The summed E-state index contributed by atoms with van der Waals surface area (Å²) in [6.07, 6.45) is 7.81. The van der Waals surface area contributed by atoms with Crippen LogP contribution < -0.4 is 22.1 Å². The van der Waals surface area contributed by atoms with Crippen molar-refractivity contribution in [3.63, 3.8) is 0 Å². The molecule has 5 fully saturated rings. The van der Waals surface area contributed by atoms with Gasteiger partial charge in [0.25, 0.3) is 5.91 Å². The summed E-state index contributed by atoms with van der Waals surface area (Å²) in [6.45, 7) is 4.66. The summed E-state index contributed by atoms with van der Waals surface area (Å²) in [5, 5.41) is 6.46. The third-order valence-corrected chi connectivity index (χ3v) is 11.2. The highest BCUT2D eigenvalue weighted by molar-refractivity contribution is 5.94. The Hall–Kier alpha value is -2.47. The first-order valence-electron chi connectivity index (χ1n) is 16.8. The monoisotopic (exact) mass is 613 g/mol. The lowest BCUT2D eigenvalue weighted by molar-refractivity contribution is -0.127. The van der Waals surface area contributed by atoms with Gasteiger partial charge in [0.2, 0.25) is 5.91 Å². The Kier molecular flexibility index (Phi) is 9.66. The minimum Gasteiger partial charge on any atom is -0.351 e. The quantitative estimate of drug-likeness (QED) is 0.366. The molecule has 44 heavy (non-hydrogen) atoms. The molecular weight excluding hydrogens is 564 g/mol. The van der Waals surface area contributed by atoms with E-state index >= 15 is 4.39 Å². The Balaban J connectivity index is 1.18. The predicted molar refractivity (Wildman–Crippen MR) is 167 cm³/mol. The Morgan fingerprint density at radius 2 is 1.82 bits per heavy atom. The van der Waals surface area contributed by atoms with E-state index in [1.165, 1.54) is 12.3 Å². The minimum absolute atomic E-state index is 0.0398. The molecule has 5 heterocycles. The molecule has 1 aliphatic carbocycles. The summed E-state index contributed by atoms with van der Waals surface area (Å²) in [6, 6.07) is 4.09. The lowest BCUT2D eigenvalue weighted by atomic mass is 9.72. The van der Waals surface area contributed by atoms with Gasteiger partial charge in [-0.15, -0.1) is 0 Å². The highest BCUT2D eigenvalue weighted by Gasteiger charge is 2.43. The minimum atomic E-state index is -1.15. The molecule has 6 N–H and O–H groups in total. The first-order chi connectivity index (χ1) is 21.2. The second-order valence-electron chi connectivity index (χ2n) is 14.0. The first kappa shape index (κ1) is 31.5. The Morgan fingerprint density at radius 1 is 1.05 bits per heavy atom. The Morgan fingerprint density at radius 3 is 2.55 bits per heavy atom. The van der Waals surface area contributed by atoms with E-state index in [0.29, 0.717) is 50.0 Å². The number of benzene rings is 1. The molecule has 5 atom stereocenters. The molecule has 4 saturated heterocycles. The van der Waals surface area contributed by atoms with Gasteiger partial charge in [0, 0.05) is 62.5 Å². The number of hydrogen-bond donors (Lipinski definition) is 4. The van der Waals surface area contributed by atoms with Gasteiger partial charge in [-0.25, -0.2) is 8.78 Å². The van der Waals surface area contributed by atoms with Gasteiger partial charge in [-0.05, 0) is 81.0 Å². The standard InChI is InChI=1S/C33H49F2N7O2/c34-22-5-11-33(9-1-2-10-33)18-27(39-19-22)29(30(36)37)31(43)40-28-20-38-12-6-25(28)24-4-3-21(17-26(24)35)32(44)42-16-15-41-13-7-23(42)8-14-41/h3-4,17,19,22-23,25,27-30,38H,1-2,5-16,18,20,36-37H2,(H,40,43). The van der Waals surface area contributed by atoms with E-state index in [-0.39, 0.29) is 29.2 Å². The van der Waals surface area contributed by atoms with Gasteiger partial charge in [0.1, 0.15) is 12.0 Å². The number of fused-ring (bicyclic) bond motifs is 4. The normalized spacial score (nSPS) is 32.7. The largest absolute Gasteiger partial charge is 0.351 e. The SMILES string of the molecule is NC(N)C(C(=O)NC1CNCCC1c1ccc(C(=O)N2CCN3CCC2CC3)cc1F)C1CC2(CCCC2)CCC(F)C=N1. The molecule has 1 aromatic rings. The zero-order chi connectivity index (χ0) is 30.8. The Labute approximate surface area is 259 Å². The summed E-state index contributed by atoms with van der Waals surface area (Å²) in [7, 11) is 0. The maximum Gasteiger partial charge on any atom is 0.254 e. The number of carbonyl (C=O) groups is 2. The van der Waals surface area contributed by atoms with Gasteiger partial charge >= 0.3 is 0 Å². The summed E-state index contributed by atoms with van der Waals surface area (Å²) < 4.78 is 30.4. The molecule has 0 aromatic heterocycles. The van der Waals surface area contributed by atoms with E-state index in [1.807, 2.05) is 4.90 Å². The van der Waals surface area contributed by atoms with Gasteiger partial charge in [0.15, 0.2) is 0 Å². The molecular formula is C33H49F2N7O2. The number of rotatable bonds is 6. The van der Waals surface area contributed by atoms with Gasteiger partial charge < -0.3 is 31.9 Å². The van der Waals surface area contributed by atoms with Crippen LogP contribution in [0.5, 0.6) is 0 Å². The second kappa shape index (κ2) is 13.5. The fourth-order valence-corrected chi connectivity index (χ4v) is 8.67. The number of aliphatic imine (C=N–C) groups is 1.